The minimum Gasteiger partial charge on any atom is -0.492 e. The van der Waals surface area contributed by atoms with Gasteiger partial charge in [0.1, 0.15) is 0 Å². The van der Waals surface area contributed by atoms with Crippen LogP contribution in [0, 0.1) is 0 Å². The molecule has 0 fully saturated rings. The summed E-state index contributed by atoms with van der Waals surface area (Å²) in [6.45, 7) is 14.0. The summed E-state index contributed by atoms with van der Waals surface area (Å²) in [5.74, 6) is -1.09. The lowest BCUT2D eigenvalue weighted by Crippen LogP contribution is -2.68. The second-order valence-corrected chi connectivity index (χ2v) is 13.6. The Labute approximate surface area is 174 Å². The van der Waals surface area contributed by atoms with Crippen LogP contribution in [0.1, 0.15) is 13.8 Å². The maximum Gasteiger partial charge on any atom is 0.462 e. The Bertz CT molecular complexity index is 868. The van der Waals surface area contributed by atoms with Crippen molar-refractivity contribution >= 4 is 39.4 Å². The summed E-state index contributed by atoms with van der Waals surface area (Å²) in [6, 6.07) is 18.6. The topological polar surface area (TPSA) is 61.8 Å². The van der Waals surface area contributed by atoms with Gasteiger partial charge in [-0.3, -0.25) is 0 Å². The molecule has 2 rings (SSSR count). The zero-order valence-electron chi connectivity index (χ0n) is 17.2. The standard InChI is InChI=1S/C22H26O5Si2/c1-17(2)21(23)25-28(5,6)27-29(26-22(24)18(3)4,19-13-9-7-10-14-19)20-15-11-8-12-16-20/h7-16H,1,3H2,2,4-6H3. The Morgan fingerprint density at radius 2 is 1.10 bits per heavy atom. The van der Waals surface area contributed by atoms with Crippen LogP contribution in [-0.4, -0.2) is 29.1 Å². The van der Waals surface area contributed by atoms with E-state index in [0.717, 1.165) is 10.4 Å². The van der Waals surface area contributed by atoms with Crippen LogP contribution >= 0.6 is 0 Å². The molecule has 5 nitrogen and oxygen atoms in total. The normalized spacial score (nSPS) is 11.4. The van der Waals surface area contributed by atoms with E-state index in [-0.39, 0.29) is 11.1 Å². The van der Waals surface area contributed by atoms with E-state index in [1.165, 1.54) is 0 Å². The molecule has 29 heavy (non-hydrogen) atoms. The highest BCUT2D eigenvalue weighted by molar-refractivity contribution is 6.98. The monoisotopic (exact) mass is 426 g/mol. The van der Waals surface area contributed by atoms with Crippen LogP contribution in [-0.2, 0) is 22.6 Å². The SMILES string of the molecule is C=C(C)C(=O)O[Si](C)(C)O[Si](OC(=O)C(=C)C)(c1ccccc1)c1ccccc1. The lowest BCUT2D eigenvalue weighted by molar-refractivity contribution is -0.132. The molecular weight excluding hydrogens is 400 g/mol. The second-order valence-electron chi connectivity index (χ2n) is 7.19. The van der Waals surface area contributed by atoms with Crippen LogP contribution in [0.3, 0.4) is 0 Å². The molecule has 0 bridgehead atoms. The summed E-state index contributed by atoms with van der Waals surface area (Å²) in [5, 5.41) is 1.46. The molecule has 0 unspecified atom stereocenters. The zero-order valence-corrected chi connectivity index (χ0v) is 19.2. The van der Waals surface area contributed by atoms with Crippen molar-refractivity contribution in [2.75, 3.05) is 0 Å². The van der Waals surface area contributed by atoms with Gasteiger partial charge in [0.15, 0.2) is 0 Å². The Kier molecular flexibility index (Phi) is 7.13. The van der Waals surface area contributed by atoms with Gasteiger partial charge in [-0.2, -0.15) is 0 Å². The van der Waals surface area contributed by atoms with Gasteiger partial charge in [0.25, 0.3) is 0 Å². The molecular formula is C22H26O5Si2. The van der Waals surface area contributed by atoms with Gasteiger partial charge in [-0.1, -0.05) is 73.8 Å². The highest BCUT2D eigenvalue weighted by atomic mass is 28.5. The van der Waals surface area contributed by atoms with Crippen molar-refractivity contribution in [3.63, 3.8) is 0 Å². The third-order valence-corrected chi connectivity index (χ3v) is 10.4. The van der Waals surface area contributed by atoms with E-state index in [0.29, 0.717) is 0 Å². The summed E-state index contributed by atoms with van der Waals surface area (Å²) in [4.78, 5) is 24.8. The van der Waals surface area contributed by atoms with E-state index >= 15 is 0 Å². The molecule has 0 aliphatic heterocycles. The summed E-state index contributed by atoms with van der Waals surface area (Å²) in [5.41, 5.74) is 0.538. The first-order valence-electron chi connectivity index (χ1n) is 9.16. The lowest BCUT2D eigenvalue weighted by atomic mass is 10.4. The Hall–Kier alpha value is -2.75. The third-order valence-electron chi connectivity index (χ3n) is 3.97. The van der Waals surface area contributed by atoms with Crippen LogP contribution in [0.15, 0.2) is 85.0 Å². The van der Waals surface area contributed by atoms with E-state index in [4.69, 9.17) is 13.0 Å². The Morgan fingerprint density at radius 3 is 1.48 bits per heavy atom. The lowest BCUT2D eigenvalue weighted by Gasteiger charge is -2.36. The largest absolute Gasteiger partial charge is 0.492 e. The van der Waals surface area contributed by atoms with Crippen molar-refractivity contribution in [2.45, 2.75) is 26.9 Å². The molecule has 2 aromatic carbocycles. The molecule has 0 spiro atoms. The number of hydrogen-bond donors (Lipinski definition) is 0. The third kappa shape index (κ3) is 5.63. The first-order chi connectivity index (χ1) is 13.6. The maximum absolute atomic E-state index is 12.6. The molecule has 0 aliphatic rings. The van der Waals surface area contributed by atoms with Crippen LogP contribution < -0.4 is 10.4 Å². The van der Waals surface area contributed by atoms with Crippen LogP contribution in [0.25, 0.3) is 0 Å². The fraction of sp³-hybridized carbons (Fsp3) is 0.182. The maximum atomic E-state index is 12.6. The molecule has 152 valence electrons. The van der Waals surface area contributed by atoms with Crippen molar-refractivity contribution < 1.29 is 22.6 Å². The molecule has 0 amide bonds. The number of hydrogen-bond acceptors (Lipinski definition) is 5. The van der Waals surface area contributed by atoms with E-state index in [1.54, 1.807) is 26.9 Å². The van der Waals surface area contributed by atoms with Gasteiger partial charge >= 0.3 is 29.1 Å². The predicted molar refractivity (Wildman–Crippen MR) is 118 cm³/mol. The minimum absolute atomic E-state index is 0.260. The molecule has 0 atom stereocenters. The molecule has 0 saturated carbocycles. The number of carbonyl (C=O) groups is 2. The number of carbonyl (C=O) groups excluding carboxylic acids is 2. The van der Waals surface area contributed by atoms with Gasteiger partial charge in [-0.15, -0.1) is 0 Å². The highest BCUT2D eigenvalue weighted by Gasteiger charge is 2.52. The molecule has 7 heteroatoms. The molecule has 0 radical (unpaired) electrons. The van der Waals surface area contributed by atoms with E-state index in [1.807, 2.05) is 60.7 Å². The number of benzene rings is 2. The van der Waals surface area contributed by atoms with Crippen molar-refractivity contribution in [1.29, 1.82) is 0 Å². The van der Waals surface area contributed by atoms with Crippen LogP contribution in [0.5, 0.6) is 0 Å². The molecule has 0 heterocycles. The average Bonchev–Trinajstić information content (AvgIpc) is 2.68. The smallest absolute Gasteiger partial charge is 0.462 e. The quantitative estimate of drug-likeness (QED) is 0.479. The summed E-state index contributed by atoms with van der Waals surface area (Å²) in [6.07, 6.45) is 0. The fourth-order valence-corrected chi connectivity index (χ4v) is 9.57. The van der Waals surface area contributed by atoms with Crippen LogP contribution in [0.4, 0.5) is 0 Å². The zero-order chi connectivity index (χ0) is 21.7. The van der Waals surface area contributed by atoms with Crippen molar-refractivity contribution in [3.05, 3.63) is 85.0 Å². The first kappa shape index (κ1) is 22.5. The van der Waals surface area contributed by atoms with Crippen molar-refractivity contribution in [2.24, 2.45) is 0 Å². The molecule has 2 aromatic rings. The Balaban J connectivity index is 2.64. The van der Waals surface area contributed by atoms with Gasteiger partial charge in [0.2, 0.25) is 0 Å². The van der Waals surface area contributed by atoms with Gasteiger partial charge in [0.05, 0.1) is 0 Å². The van der Waals surface area contributed by atoms with Gasteiger partial charge in [-0.05, 0) is 26.9 Å². The Morgan fingerprint density at radius 1 is 0.724 bits per heavy atom. The first-order valence-corrected chi connectivity index (χ1v) is 13.8. The number of rotatable bonds is 8. The van der Waals surface area contributed by atoms with E-state index < -0.39 is 29.1 Å². The molecule has 0 N–H and O–H groups in total. The van der Waals surface area contributed by atoms with Crippen molar-refractivity contribution in [1.82, 2.24) is 0 Å². The fourth-order valence-electron chi connectivity index (χ4n) is 2.63. The predicted octanol–water partition coefficient (Wildman–Crippen LogP) is 3.20. The summed E-state index contributed by atoms with van der Waals surface area (Å²) in [7, 11) is -6.65. The second kappa shape index (κ2) is 9.17. The molecule has 0 saturated heterocycles. The highest BCUT2D eigenvalue weighted by Crippen LogP contribution is 2.20. The van der Waals surface area contributed by atoms with E-state index in [2.05, 4.69) is 13.2 Å². The minimum atomic E-state index is -3.57. The summed E-state index contributed by atoms with van der Waals surface area (Å²) >= 11 is 0. The van der Waals surface area contributed by atoms with E-state index in [9.17, 15) is 9.59 Å². The molecule has 0 aliphatic carbocycles. The van der Waals surface area contributed by atoms with Crippen LogP contribution in [0.2, 0.25) is 13.1 Å². The summed E-state index contributed by atoms with van der Waals surface area (Å²) < 4.78 is 18.2. The van der Waals surface area contributed by atoms with Gasteiger partial charge in [0, 0.05) is 21.5 Å². The van der Waals surface area contributed by atoms with Gasteiger partial charge in [-0.25, -0.2) is 9.59 Å². The van der Waals surface area contributed by atoms with Gasteiger partial charge < -0.3 is 13.0 Å². The van der Waals surface area contributed by atoms with Crippen molar-refractivity contribution in [3.8, 4) is 0 Å². The molecule has 0 aromatic heterocycles. The average molecular weight is 427 g/mol.